The van der Waals surface area contributed by atoms with Crippen molar-refractivity contribution in [3.8, 4) is 11.1 Å². The Labute approximate surface area is 190 Å². The number of aliphatic hydroxyl groups is 1. The van der Waals surface area contributed by atoms with E-state index >= 15 is 4.39 Å². The Morgan fingerprint density at radius 1 is 1.36 bits per heavy atom. The van der Waals surface area contributed by atoms with Gasteiger partial charge in [0.15, 0.2) is 5.82 Å². The minimum Gasteiger partial charge on any atom is -0.391 e. The Bertz CT molecular complexity index is 1420. The Morgan fingerprint density at radius 2 is 2.18 bits per heavy atom. The van der Waals surface area contributed by atoms with Crippen LogP contribution < -0.4 is 5.32 Å². The second-order valence-corrected chi connectivity index (χ2v) is 8.83. The molecule has 0 spiro atoms. The number of carbonyl (C=O) groups is 1. The Kier molecular flexibility index (Phi) is 4.65. The van der Waals surface area contributed by atoms with E-state index in [0.717, 1.165) is 0 Å². The quantitative estimate of drug-likeness (QED) is 0.418. The number of rotatable bonds is 4. The number of hydrogen-bond donors (Lipinski definition) is 3. The molecule has 1 aromatic carbocycles. The van der Waals surface area contributed by atoms with Gasteiger partial charge in [0, 0.05) is 35.2 Å². The van der Waals surface area contributed by atoms with E-state index < -0.39 is 36.0 Å². The molecule has 33 heavy (non-hydrogen) atoms. The lowest BCUT2D eigenvalue weighted by molar-refractivity contribution is -0.117. The zero-order valence-corrected chi connectivity index (χ0v) is 17.8. The van der Waals surface area contributed by atoms with E-state index in [1.54, 1.807) is 35.1 Å². The molecule has 2 unspecified atom stereocenters. The Balaban J connectivity index is 1.41. The van der Waals surface area contributed by atoms with Crippen molar-refractivity contribution < 1.29 is 23.4 Å². The maximum absolute atomic E-state index is 15.5. The van der Waals surface area contributed by atoms with Crippen molar-refractivity contribution in [2.24, 2.45) is 5.92 Å². The van der Waals surface area contributed by atoms with Crippen LogP contribution in [0.2, 0.25) is 5.02 Å². The number of H-pyrrole nitrogens is 1. The third-order valence-electron chi connectivity index (χ3n) is 6.18. The number of pyridine rings is 1. The van der Waals surface area contributed by atoms with Crippen molar-refractivity contribution >= 4 is 39.7 Å². The van der Waals surface area contributed by atoms with Crippen LogP contribution in [0.25, 0.3) is 27.5 Å². The second kappa shape index (κ2) is 7.47. The standard InChI is InChI=1S/C22H18ClF2N5O3/c23-19-17(13-7-26-28-21(13)18(20(19)25)15-5-11(31)8-33-15)9-1-2-30-10(3-9)4-16(29-30)27-22(32)12-6-14(12)24/h1-4,7,11-12,14-15,31H,5-6,8H2,(H,26,28)(H,27,29,32)/t11?,12-,14+,15?/m1/s1. The SMILES string of the molecule is O=C(Nc1cc2cc(-c3c(Cl)c(F)c(C4CC(O)CO4)c4[nH]ncc34)ccn2n1)[C@@H]1C[C@@H]1F. The van der Waals surface area contributed by atoms with E-state index in [1.165, 1.54) is 0 Å². The van der Waals surface area contributed by atoms with Crippen LogP contribution in [-0.4, -0.2) is 49.7 Å². The molecule has 4 atom stereocenters. The summed E-state index contributed by atoms with van der Waals surface area (Å²) in [6, 6.07) is 5.14. The van der Waals surface area contributed by atoms with Crippen LogP contribution in [0.5, 0.6) is 0 Å². The van der Waals surface area contributed by atoms with Crippen LogP contribution in [0, 0.1) is 11.7 Å². The molecular formula is C22H18ClF2N5O3. The zero-order chi connectivity index (χ0) is 22.9. The van der Waals surface area contributed by atoms with Crippen molar-refractivity contribution in [3.05, 3.63) is 47.0 Å². The van der Waals surface area contributed by atoms with Crippen LogP contribution in [-0.2, 0) is 9.53 Å². The number of fused-ring (bicyclic) bond motifs is 2. The lowest BCUT2D eigenvalue weighted by Crippen LogP contribution is -2.15. The third kappa shape index (κ3) is 3.36. The summed E-state index contributed by atoms with van der Waals surface area (Å²) in [6.07, 6.45) is 1.34. The van der Waals surface area contributed by atoms with E-state index in [4.69, 9.17) is 16.3 Å². The number of aliphatic hydroxyl groups excluding tert-OH is 1. The van der Waals surface area contributed by atoms with Crippen LogP contribution >= 0.6 is 11.6 Å². The number of aromatic nitrogens is 4. The van der Waals surface area contributed by atoms with Crippen LogP contribution in [0.1, 0.15) is 24.5 Å². The van der Waals surface area contributed by atoms with Gasteiger partial charge in [-0.25, -0.2) is 13.3 Å². The summed E-state index contributed by atoms with van der Waals surface area (Å²) in [7, 11) is 0. The molecule has 6 rings (SSSR count). The fourth-order valence-corrected chi connectivity index (χ4v) is 4.71. The highest BCUT2D eigenvalue weighted by Crippen LogP contribution is 2.44. The molecule has 8 nitrogen and oxygen atoms in total. The molecule has 1 aliphatic heterocycles. The predicted octanol–water partition coefficient (Wildman–Crippen LogP) is 3.79. The number of ether oxygens (including phenoxy) is 1. The molecule has 1 saturated heterocycles. The summed E-state index contributed by atoms with van der Waals surface area (Å²) in [4.78, 5) is 12.0. The number of carbonyl (C=O) groups excluding carboxylic acids is 1. The van der Waals surface area contributed by atoms with Crippen molar-refractivity contribution in [2.45, 2.75) is 31.2 Å². The average Bonchev–Trinajstić information content (AvgIpc) is 3.16. The van der Waals surface area contributed by atoms with Gasteiger partial charge in [-0.05, 0) is 24.1 Å². The minimum atomic E-state index is -1.09. The van der Waals surface area contributed by atoms with E-state index in [1.807, 2.05) is 0 Å². The molecule has 11 heteroatoms. The molecule has 2 fully saturated rings. The van der Waals surface area contributed by atoms with Crippen molar-refractivity contribution in [2.75, 3.05) is 11.9 Å². The minimum absolute atomic E-state index is 0.0796. The topological polar surface area (TPSA) is 105 Å². The number of benzene rings is 1. The van der Waals surface area contributed by atoms with Gasteiger partial charge in [-0.15, -0.1) is 0 Å². The molecule has 2 aliphatic rings. The highest BCUT2D eigenvalue weighted by atomic mass is 35.5. The largest absolute Gasteiger partial charge is 0.391 e. The molecule has 3 aromatic heterocycles. The summed E-state index contributed by atoms with van der Waals surface area (Å²) in [6.45, 7) is 0.128. The maximum atomic E-state index is 15.5. The van der Waals surface area contributed by atoms with E-state index in [-0.39, 0.29) is 30.0 Å². The van der Waals surface area contributed by atoms with Gasteiger partial charge in [-0.1, -0.05) is 11.6 Å². The summed E-state index contributed by atoms with van der Waals surface area (Å²) >= 11 is 6.51. The summed E-state index contributed by atoms with van der Waals surface area (Å²) < 4.78 is 35.7. The third-order valence-corrected chi connectivity index (χ3v) is 6.53. The van der Waals surface area contributed by atoms with Gasteiger partial charge >= 0.3 is 0 Å². The van der Waals surface area contributed by atoms with Gasteiger partial charge in [-0.2, -0.15) is 10.2 Å². The molecule has 4 heterocycles. The average molecular weight is 474 g/mol. The lowest BCUT2D eigenvalue weighted by Gasteiger charge is -2.16. The fraction of sp³-hybridized carbons (Fsp3) is 0.318. The number of nitrogens with zero attached hydrogens (tertiary/aromatic N) is 3. The van der Waals surface area contributed by atoms with Crippen molar-refractivity contribution in [3.63, 3.8) is 0 Å². The molecule has 0 radical (unpaired) electrons. The van der Waals surface area contributed by atoms with Crippen LogP contribution in [0.3, 0.4) is 0 Å². The number of alkyl halides is 1. The number of anilines is 1. The number of amides is 1. The summed E-state index contributed by atoms with van der Waals surface area (Å²) in [5.41, 5.74) is 2.41. The van der Waals surface area contributed by atoms with Gasteiger partial charge in [0.05, 0.1) is 47.0 Å². The van der Waals surface area contributed by atoms with Gasteiger partial charge in [0.25, 0.3) is 0 Å². The Hall–Kier alpha value is -3.08. The van der Waals surface area contributed by atoms with E-state index in [2.05, 4.69) is 20.6 Å². The molecular weight excluding hydrogens is 456 g/mol. The molecule has 1 amide bonds. The molecule has 1 saturated carbocycles. The first-order valence-corrected chi connectivity index (χ1v) is 10.9. The maximum Gasteiger partial charge on any atom is 0.231 e. The predicted molar refractivity (Wildman–Crippen MR) is 116 cm³/mol. The smallest absolute Gasteiger partial charge is 0.231 e. The summed E-state index contributed by atoms with van der Waals surface area (Å²) in [5.74, 6) is -1.35. The highest BCUT2D eigenvalue weighted by Gasteiger charge is 2.43. The van der Waals surface area contributed by atoms with Gasteiger partial charge in [-0.3, -0.25) is 9.89 Å². The monoisotopic (exact) mass is 473 g/mol. The first-order valence-electron chi connectivity index (χ1n) is 10.5. The van der Waals surface area contributed by atoms with Gasteiger partial charge in [0.2, 0.25) is 5.91 Å². The molecule has 1 aliphatic carbocycles. The first kappa shape index (κ1) is 20.5. The fourth-order valence-electron chi connectivity index (χ4n) is 4.40. The first-order chi connectivity index (χ1) is 15.9. The van der Waals surface area contributed by atoms with Crippen LogP contribution in [0.4, 0.5) is 14.6 Å². The van der Waals surface area contributed by atoms with Gasteiger partial charge < -0.3 is 15.2 Å². The van der Waals surface area contributed by atoms with Crippen molar-refractivity contribution in [1.82, 2.24) is 19.8 Å². The zero-order valence-electron chi connectivity index (χ0n) is 17.1. The number of hydrogen-bond acceptors (Lipinski definition) is 5. The highest BCUT2D eigenvalue weighted by molar-refractivity contribution is 6.35. The molecule has 170 valence electrons. The second-order valence-electron chi connectivity index (χ2n) is 8.45. The number of halogens is 3. The number of aromatic amines is 1. The normalized spacial score (nSPS) is 24.6. The van der Waals surface area contributed by atoms with Crippen LogP contribution in [0.15, 0.2) is 30.6 Å². The van der Waals surface area contributed by atoms with E-state index in [0.29, 0.717) is 33.4 Å². The summed E-state index contributed by atoms with van der Waals surface area (Å²) in [5, 5.41) is 24.2. The molecule has 4 aromatic rings. The molecule has 0 bridgehead atoms. The van der Waals surface area contributed by atoms with Gasteiger partial charge in [0.1, 0.15) is 12.0 Å². The Morgan fingerprint density at radius 3 is 2.91 bits per heavy atom. The van der Waals surface area contributed by atoms with Crippen molar-refractivity contribution in [1.29, 1.82) is 0 Å². The van der Waals surface area contributed by atoms with E-state index in [9.17, 15) is 14.3 Å². The molecule has 3 N–H and O–H groups in total. The lowest BCUT2D eigenvalue weighted by atomic mass is 9.95. The number of nitrogens with one attached hydrogen (secondary N) is 2.